The molecule has 0 unspecified atom stereocenters. The Bertz CT molecular complexity index is 279. The summed E-state index contributed by atoms with van der Waals surface area (Å²) in [6.45, 7) is 6.38. The number of aliphatic hydroxyl groups excluding tert-OH is 1. The van der Waals surface area contributed by atoms with Gasteiger partial charge in [-0.3, -0.25) is 0 Å². The molecule has 0 saturated heterocycles. The molecule has 1 N–H and O–H groups in total. The summed E-state index contributed by atoms with van der Waals surface area (Å²) in [5, 5.41) is 9.33. The van der Waals surface area contributed by atoms with Gasteiger partial charge < -0.3 is 9.84 Å². The van der Waals surface area contributed by atoms with Crippen LogP contribution in [0.2, 0.25) is 0 Å². The number of benzene rings is 1. The van der Waals surface area contributed by atoms with Crippen LogP contribution in [0.5, 0.6) is 5.75 Å². The monoisotopic (exact) mass is 180 g/mol. The van der Waals surface area contributed by atoms with Gasteiger partial charge in [0.2, 0.25) is 0 Å². The van der Waals surface area contributed by atoms with Gasteiger partial charge >= 0.3 is 0 Å². The number of aliphatic hydroxyl groups is 1. The molecule has 0 amide bonds. The number of hydrogen-bond acceptors (Lipinski definition) is 2. The Morgan fingerprint density at radius 2 is 2.15 bits per heavy atom. The van der Waals surface area contributed by atoms with Gasteiger partial charge in [-0.15, -0.1) is 0 Å². The van der Waals surface area contributed by atoms with Crippen LogP contribution in [0.1, 0.15) is 31.1 Å². The molecule has 72 valence electrons. The molecule has 0 spiro atoms. The molecule has 1 atom stereocenters. The van der Waals surface area contributed by atoms with Crippen molar-refractivity contribution in [3.8, 4) is 5.75 Å². The van der Waals surface area contributed by atoms with E-state index < -0.39 is 6.10 Å². The van der Waals surface area contributed by atoms with Crippen LogP contribution < -0.4 is 4.74 Å². The summed E-state index contributed by atoms with van der Waals surface area (Å²) in [5.74, 6) is 0.895. The molecule has 0 heterocycles. The minimum absolute atomic E-state index is 0.408. The van der Waals surface area contributed by atoms with E-state index in [9.17, 15) is 5.11 Å². The van der Waals surface area contributed by atoms with E-state index in [0.717, 1.165) is 16.9 Å². The van der Waals surface area contributed by atoms with E-state index in [0.29, 0.717) is 6.61 Å². The number of aryl methyl sites for hydroxylation is 1. The van der Waals surface area contributed by atoms with Gasteiger partial charge in [-0.05, 0) is 44.0 Å². The molecule has 0 aliphatic rings. The first-order valence-corrected chi connectivity index (χ1v) is 4.56. The van der Waals surface area contributed by atoms with Crippen molar-refractivity contribution in [3.05, 3.63) is 29.3 Å². The average Bonchev–Trinajstić information content (AvgIpc) is 2.08. The van der Waals surface area contributed by atoms with Crippen molar-refractivity contribution < 1.29 is 9.84 Å². The summed E-state index contributed by atoms with van der Waals surface area (Å²) in [4.78, 5) is 0. The molecule has 2 heteroatoms. The predicted octanol–water partition coefficient (Wildman–Crippen LogP) is 2.45. The van der Waals surface area contributed by atoms with E-state index in [1.165, 1.54) is 0 Å². The topological polar surface area (TPSA) is 29.5 Å². The van der Waals surface area contributed by atoms with E-state index in [4.69, 9.17) is 4.74 Å². The zero-order valence-electron chi connectivity index (χ0n) is 8.37. The van der Waals surface area contributed by atoms with Crippen molar-refractivity contribution in [1.82, 2.24) is 0 Å². The van der Waals surface area contributed by atoms with E-state index in [2.05, 4.69) is 0 Å². The van der Waals surface area contributed by atoms with Crippen LogP contribution in [-0.2, 0) is 0 Å². The molecule has 0 bridgehead atoms. The van der Waals surface area contributed by atoms with Gasteiger partial charge in [0.25, 0.3) is 0 Å². The van der Waals surface area contributed by atoms with Crippen molar-refractivity contribution in [1.29, 1.82) is 0 Å². The van der Waals surface area contributed by atoms with Crippen molar-refractivity contribution in [3.63, 3.8) is 0 Å². The van der Waals surface area contributed by atoms with Crippen molar-refractivity contribution in [2.45, 2.75) is 26.9 Å². The molecule has 0 radical (unpaired) electrons. The summed E-state index contributed by atoms with van der Waals surface area (Å²) < 4.78 is 5.39. The normalized spacial score (nSPS) is 12.6. The predicted molar refractivity (Wildman–Crippen MR) is 53.0 cm³/mol. The van der Waals surface area contributed by atoms with Crippen LogP contribution in [-0.4, -0.2) is 11.7 Å². The largest absolute Gasteiger partial charge is 0.494 e. The molecular formula is C11H16O2. The lowest BCUT2D eigenvalue weighted by Crippen LogP contribution is -1.96. The first kappa shape index (κ1) is 10.1. The summed E-state index contributed by atoms with van der Waals surface area (Å²) in [6, 6.07) is 5.75. The Hall–Kier alpha value is -1.02. The molecule has 0 aliphatic carbocycles. The van der Waals surface area contributed by atoms with Crippen LogP contribution in [0.25, 0.3) is 0 Å². The molecule has 0 aliphatic heterocycles. The van der Waals surface area contributed by atoms with Gasteiger partial charge in [-0.1, -0.05) is 6.07 Å². The first-order valence-electron chi connectivity index (χ1n) is 4.56. The number of rotatable bonds is 3. The minimum Gasteiger partial charge on any atom is -0.494 e. The lowest BCUT2D eigenvalue weighted by atomic mass is 10.1. The molecule has 2 nitrogen and oxygen atoms in total. The van der Waals surface area contributed by atoms with Gasteiger partial charge in [-0.2, -0.15) is 0 Å². The lowest BCUT2D eigenvalue weighted by molar-refractivity contribution is 0.199. The Balaban J connectivity index is 2.92. The molecule has 13 heavy (non-hydrogen) atoms. The first-order chi connectivity index (χ1) is 6.15. The molecule has 1 aromatic rings. The third-order valence-electron chi connectivity index (χ3n) is 1.98. The van der Waals surface area contributed by atoms with Gasteiger partial charge in [0, 0.05) is 0 Å². The van der Waals surface area contributed by atoms with Crippen LogP contribution in [0.4, 0.5) is 0 Å². The number of ether oxygens (including phenoxy) is 1. The SMILES string of the molecule is CCOc1ccc([C@H](C)O)cc1C. The fraction of sp³-hybridized carbons (Fsp3) is 0.455. The quantitative estimate of drug-likeness (QED) is 0.774. The third-order valence-corrected chi connectivity index (χ3v) is 1.98. The van der Waals surface area contributed by atoms with E-state index in [-0.39, 0.29) is 0 Å². The van der Waals surface area contributed by atoms with Gasteiger partial charge in [-0.25, -0.2) is 0 Å². The van der Waals surface area contributed by atoms with E-state index in [1.807, 2.05) is 32.0 Å². The minimum atomic E-state index is -0.408. The van der Waals surface area contributed by atoms with Crippen LogP contribution in [0.15, 0.2) is 18.2 Å². The molecule has 0 saturated carbocycles. The summed E-state index contributed by atoms with van der Waals surface area (Å²) in [6.07, 6.45) is -0.408. The molecule has 0 aromatic heterocycles. The highest BCUT2D eigenvalue weighted by Gasteiger charge is 2.03. The second-order valence-corrected chi connectivity index (χ2v) is 3.13. The fourth-order valence-electron chi connectivity index (χ4n) is 1.25. The Kier molecular flexibility index (Phi) is 3.32. The standard InChI is InChI=1S/C11H16O2/c1-4-13-11-6-5-10(9(3)12)7-8(11)2/h5-7,9,12H,4H2,1-3H3/t9-/m0/s1. The smallest absolute Gasteiger partial charge is 0.122 e. The zero-order chi connectivity index (χ0) is 9.84. The Morgan fingerprint density at radius 1 is 1.46 bits per heavy atom. The molecular weight excluding hydrogens is 164 g/mol. The van der Waals surface area contributed by atoms with Gasteiger partial charge in [0.1, 0.15) is 5.75 Å². The Morgan fingerprint density at radius 3 is 2.62 bits per heavy atom. The van der Waals surface area contributed by atoms with Crippen molar-refractivity contribution >= 4 is 0 Å². The third kappa shape index (κ3) is 2.46. The zero-order valence-corrected chi connectivity index (χ0v) is 8.37. The van der Waals surface area contributed by atoms with E-state index >= 15 is 0 Å². The highest BCUT2D eigenvalue weighted by Crippen LogP contribution is 2.22. The summed E-state index contributed by atoms with van der Waals surface area (Å²) >= 11 is 0. The van der Waals surface area contributed by atoms with Crippen molar-refractivity contribution in [2.75, 3.05) is 6.61 Å². The molecule has 1 aromatic carbocycles. The van der Waals surface area contributed by atoms with Crippen LogP contribution in [0, 0.1) is 6.92 Å². The summed E-state index contributed by atoms with van der Waals surface area (Å²) in [7, 11) is 0. The Labute approximate surface area is 79.2 Å². The maximum Gasteiger partial charge on any atom is 0.122 e. The summed E-state index contributed by atoms with van der Waals surface area (Å²) in [5.41, 5.74) is 2.00. The maximum absolute atomic E-state index is 9.33. The van der Waals surface area contributed by atoms with Gasteiger partial charge in [0.05, 0.1) is 12.7 Å². The molecule has 1 rings (SSSR count). The fourth-order valence-corrected chi connectivity index (χ4v) is 1.25. The highest BCUT2D eigenvalue weighted by atomic mass is 16.5. The maximum atomic E-state index is 9.33. The molecule has 0 fully saturated rings. The average molecular weight is 180 g/mol. The van der Waals surface area contributed by atoms with Crippen LogP contribution >= 0.6 is 0 Å². The highest BCUT2D eigenvalue weighted by molar-refractivity contribution is 5.36. The van der Waals surface area contributed by atoms with Crippen molar-refractivity contribution in [2.24, 2.45) is 0 Å². The van der Waals surface area contributed by atoms with E-state index in [1.54, 1.807) is 6.92 Å². The second-order valence-electron chi connectivity index (χ2n) is 3.13. The second kappa shape index (κ2) is 4.28. The number of hydrogen-bond donors (Lipinski definition) is 1. The lowest BCUT2D eigenvalue weighted by Gasteiger charge is -2.10. The van der Waals surface area contributed by atoms with Gasteiger partial charge in [0.15, 0.2) is 0 Å². The van der Waals surface area contributed by atoms with Crippen LogP contribution in [0.3, 0.4) is 0 Å².